The molecule has 23 heavy (non-hydrogen) atoms. The van der Waals surface area contributed by atoms with E-state index in [1.54, 1.807) is 0 Å². The summed E-state index contributed by atoms with van der Waals surface area (Å²) in [7, 11) is -2.59. The molecule has 1 N–H and O–H groups in total. The van der Waals surface area contributed by atoms with Crippen LogP contribution < -0.4 is 10.1 Å². The van der Waals surface area contributed by atoms with Crippen LogP contribution in [0.4, 0.5) is 4.39 Å². The van der Waals surface area contributed by atoms with Gasteiger partial charge < -0.3 is 10.1 Å². The predicted molar refractivity (Wildman–Crippen MR) is 83.1 cm³/mol. The molecule has 128 valence electrons. The lowest BCUT2D eigenvalue weighted by Gasteiger charge is -2.31. The van der Waals surface area contributed by atoms with Crippen molar-refractivity contribution < 1.29 is 22.3 Å². The number of piperidine rings is 1. The molecule has 1 aliphatic heterocycles. The molecule has 0 spiro atoms. The molecule has 1 amide bonds. The molecule has 1 atom stereocenters. The molecule has 0 unspecified atom stereocenters. The van der Waals surface area contributed by atoms with E-state index in [0.29, 0.717) is 25.9 Å². The summed E-state index contributed by atoms with van der Waals surface area (Å²) in [5, 5.41) is 2.71. The standard InChI is InChI=1S/C15H21FN2O4S/c1-3-17-15(19)11-5-4-8-18(10-11)23(20,21)14-9-12(16)6-7-13(14)22-2/h6-7,9,11H,3-5,8,10H2,1-2H3,(H,17,19)/t11-/m1/s1. The van der Waals surface area contributed by atoms with Crippen molar-refractivity contribution >= 4 is 15.9 Å². The van der Waals surface area contributed by atoms with Gasteiger partial charge in [-0.2, -0.15) is 4.31 Å². The highest BCUT2D eigenvalue weighted by atomic mass is 32.2. The average molecular weight is 344 g/mol. The van der Waals surface area contributed by atoms with Crippen LogP contribution in [-0.4, -0.2) is 45.4 Å². The van der Waals surface area contributed by atoms with Gasteiger partial charge in [0.05, 0.1) is 13.0 Å². The highest BCUT2D eigenvalue weighted by Gasteiger charge is 2.34. The molecule has 8 heteroatoms. The number of carbonyl (C=O) groups excluding carboxylic acids is 1. The lowest BCUT2D eigenvalue weighted by atomic mass is 9.99. The minimum atomic E-state index is -3.92. The predicted octanol–water partition coefficient (Wildman–Crippen LogP) is 1.37. The number of nitrogens with one attached hydrogen (secondary N) is 1. The van der Waals surface area contributed by atoms with Gasteiger partial charge in [0.25, 0.3) is 0 Å². The maximum absolute atomic E-state index is 13.5. The Morgan fingerprint density at radius 2 is 2.22 bits per heavy atom. The zero-order chi connectivity index (χ0) is 17.0. The van der Waals surface area contributed by atoms with Gasteiger partial charge in [0.1, 0.15) is 16.5 Å². The number of methoxy groups -OCH3 is 1. The molecule has 2 rings (SSSR count). The monoisotopic (exact) mass is 344 g/mol. The summed E-state index contributed by atoms with van der Waals surface area (Å²) >= 11 is 0. The third-order valence-corrected chi connectivity index (χ3v) is 5.74. The topological polar surface area (TPSA) is 75.7 Å². The lowest BCUT2D eigenvalue weighted by Crippen LogP contribution is -2.45. The van der Waals surface area contributed by atoms with Crippen LogP contribution in [0.25, 0.3) is 0 Å². The number of hydrogen-bond donors (Lipinski definition) is 1. The Labute approximate surface area is 135 Å². The number of benzene rings is 1. The van der Waals surface area contributed by atoms with E-state index in [1.807, 2.05) is 6.92 Å². The van der Waals surface area contributed by atoms with Gasteiger partial charge >= 0.3 is 0 Å². The zero-order valence-corrected chi connectivity index (χ0v) is 14.0. The van der Waals surface area contributed by atoms with E-state index in [-0.39, 0.29) is 23.1 Å². The average Bonchev–Trinajstić information content (AvgIpc) is 2.55. The van der Waals surface area contributed by atoms with E-state index in [0.717, 1.165) is 12.1 Å². The summed E-state index contributed by atoms with van der Waals surface area (Å²) in [5.74, 6) is -1.11. The first-order chi connectivity index (χ1) is 10.9. The van der Waals surface area contributed by atoms with Gasteiger partial charge in [0.2, 0.25) is 15.9 Å². The van der Waals surface area contributed by atoms with E-state index in [1.165, 1.54) is 17.5 Å². The molecule has 0 aromatic heterocycles. The number of amides is 1. The molecule has 0 aliphatic carbocycles. The maximum Gasteiger partial charge on any atom is 0.246 e. The fourth-order valence-electron chi connectivity index (χ4n) is 2.68. The SMILES string of the molecule is CCNC(=O)[C@@H]1CCCN(S(=O)(=O)c2cc(F)ccc2OC)C1. The number of sulfonamides is 1. The Bertz CT molecular complexity index is 678. The number of rotatable bonds is 5. The van der Waals surface area contributed by atoms with Gasteiger partial charge in [0, 0.05) is 19.6 Å². The number of hydrogen-bond acceptors (Lipinski definition) is 4. The van der Waals surface area contributed by atoms with Crippen molar-refractivity contribution in [2.75, 3.05) is 26.7 Å². The summed E-state index contributed by atoms with van der Waals surface area (Å²) in [6.07, 6.45) is 1.22. The van der Waals surface area contributed by atoms with Crippen molar-refractivity contribution in [2.45, 2.75) is 24.7 Å². The fourth-order valence-corrected chi connectivity index (χ4v) is 4.38. The second kappa shape index (κ2) is 7.27. The second-order valence-corrected chi connectivity index (χ2v) is 7.30. The minimum Gasteiger partial charge on any atom is -0.495 e. The molecule has 1 saturated heterocycles. The third kappa shape index (κ3) is 3.81. The van der Waals surface area contributed by atoms with Crippen molar-refractivity contribution in [3.05, 3.63) is 24.0 Å². The van der Waals surface area contributed by atoms with E-state index in [4.69, 9.17) is 4.74 Å². The van der Waals surface area contributed by atoms with Crippen LogP contribution in [-0.2, 0) is 14.8 Å². The Kier molecular flexibility index (Phi) is 5.59. The van der Waals surface area contributed by atoms with Crippen molar-refractivity contribution in [2.24, 2.45) is 5.92 Å². The van der Waals surface area contributed by atoms with Crippen LogP contribution in [0.2, 0.25) is 0 Å². The van der Waals surface area contributed by atoms with Crippen LogP contribution in [0.3, 0.4) is 0 Å². The molecule has 1 aromatic carbocycles. The zero-order valence-electron chi connectivity index (χ0n) is 13.2. The largest absolute Gasteiger partial charge is 0.495 e. The summed E-state index contributed by atoms with van der Waals surface area (Å²) in [5.41, 5.74) is 0. The Hall–Kier alpha value is -1.67. The smallest absolute Gasteiger partial charge is 0.246 e. The van der Waals surface area contributed by atoms with Crippen molar-refractivity contribution in [1.82, 2.24) is 9.62 Å². The Morgan fingerprint density at radius 3 is 2.87 bits per heavy atom. The lowest BCUT2D eigenvalue weighted by molar-refractivity contribution is -0.125. The second-order valence-electron chi connectivity index (χ2n) is 5.39. The van der Waals surface area contributed by atoms with E-state index in [9.17, 15) is 17.6 Å². The first kappa shape index (κ1) is 17.7. The van der Waals surface area contributed by atoms with Crippen molar-refractivity contribution in [3.63, 3.8) is 0 Å². The molecular formula is C15H21FN2O4S. The molecule has 0 saturated carbocycles. The number of halogens is 1. The van der Waals surface area contributed by atoms with E-state index >= 15 is 0 Å². The van der Waals surface area contributed by atoms with Gasteiger partial charge in [-0.05, 0) is 38.0 Å². The van der Waals surface area contributed by atoms with Crippen LogP contribution in [0.1, 0.15) is 19.8 Å². The fraction of sp³-hybridized carbons (Fsp3) is 0.533. The number of nitrogens with zero attached hydrogens (tertiary/aromatic N) is 1. The highest BCUT2D eigenvalue weighted by molar-refractivity contribution is 7.89. The van der Waals surface area contributed by atoms with Crippen molar-refractivity contribution in [1.29, 1.82) is 0 Å². The molecule has 1 heterocycles. The van der Waals surface area contributed by atoms with Gasteiger partial charge in [-0.15, -0.1) is 0 Å². The Balaban J connectivity index is 2.29. The quantitative estimate of drug-likeness (QED) is 0.875. The summed E-state index contributed by atoms with van der Waals surface area (Å²) in [6.45, 7) is 2.71. The van der Waals surface area contributed by atoms with E-state index in [2.05, 4.69) is 5.32 Å². The normalized spacial score (nSPS) is 19.3. The Morgan fingerprint density at radius 1 is 1.48 bits per heavy atom. The van der Waals surface area contributed by atoms with E-state index < -0.39 is 21.8 Å². The first-order valence-electron chi connectivity index (χ1n) is 7.51. The summed E-state index contributed by atoms with van der Waals surface area (Å²) in [4.78, 5) is 11.8. The minimum absolute atomic E-state index is 0.0894. The maximum atomic E-state index is 13.5. The van der Waals surface area contributed by atoms with Crippen LogP contribution in [0.5, 0.6) is 5.75 Å². The molecule has 1 aromatic rings. The van der Waals surface area contributed by atoms with Gasteiger partial charge in [-0.1, -0.05) is 0 Å². The van der Waals surface area contributed by atoms with Crippen LogP contribution >= 0.6 is 0 Å². The highest BCUT2D eigenvalue weighted by Crippen LogP contribution is 2.30. The first-order valence-corrected chi connectivity index (χ1v) is 8.95. The molecule has 0 radical (unpaired) electrons. The van der Waals surface area contributed by atoms with Crippen LogP contribution in [0, 0.1) is 11.7 Å². The summed E-state index contributed by atoms with van der Waals surface area (Å²) < 4.78 is 45.3. The molecule has 1 aliphatic rings. The molecular weight excluding hydrogens is 323 g/mol. The molecule has 0 bridgehead atoms. The summed E-state index contributed by atoms with van der Waals surface area (Å²) in [6, 6.07) is 3.38. The number of carbonyl (C=O) groups is 1. The van der Waals surface area contributed by atoms with Crippen LogP contribution in [0.15, 0.2) is 23.1 Å². The van der Waals surface area contributed by atoms with Gasteiger partial charge in [-0.3, -0.25) is 4.79 Å². The molecule has 6 nitrogen and oxygen atoms in total. The van der Waals surface area contributed by atoms with Gasteiger partial charge in [-0.25, -0.2) is 12.8 Å². The van der Waals surface area contributed by atoms with Crippen molar-refractivity contribution in [3.8, 4) is 5.75 Å². The van der Waals surface area contributed by atoms with Gasteiger partial charge in [0.15, 0.2) is 0 Å². The number of ether oxygens (including phenoxy) is 1. The molecule has 1 fully saturated rings. The third-order valence-electron chi connectivity index (χ3n) is 3.85.